The molecule has 82 valence electrons. The maximum absolute atomic E-state index is 10.8. The van der Waals surface area contributed by atoms with Gasteiger partial charge in [-0.05, 0) is 36.8 Å². The van der Waals surface area contributed by atoms with Gasteiger partial charge in [0.15, 0.2) is 0 Å². The second-order valence-electron chi connectivity index (χ2n) is 4.25. The van der Waals surface area contributed by atoms with Crippen molar-refractivity contribution in [1.82, 2.24) is 0 Å². The molecular formula is C14H20O. The molecule has 0 N–H and O–H groups in total. The zero-order chi connectivity index (χ0) is 11.3. The Bertz CT molecular complexity index is 311. The molecule has 1 rings (SSSR count). The van der Waals surface area contributed by atoms with Gasteiger partial charge in [0.05, 0.1) is 0 Å². The minimum absolute atomic E-state index is 0.265. The topological polar surface area (TPSA) is 17.1 Å². The first-order chi connectivity index (χ1) is 7.13. The minimum atomic E-state index is 0.265. The molecule has 1 atom stereocenters. The Kier molecular flexibility index (Phi) is 4.54. The molecule has 0 aliphatic rings. The molecule has 0 saturated carbocycles. The molecule has 0 aliphatic carbocycles. The van der Waals surface area contributed by atoms with E-state index in [1.54, 1.807) is 6.92 Å². The first-order valence-electron chi connectivity index (χ1n) is 5.71. The zero-order valence-electron chi connectivity index (χ0n) is 9.92. The summed E-state index contributed by atoms with van der Waals surface area (Å²) < 4.78 is 0. The normalized spacial score (nSPS) is 12.5. The number of carbonyl (C=O) groups is 1. The monoisotopic (exact) mass is 204 g/mol. The van der Waals surface area contributed by atoms with Crippen LogP contribution in [-0.2, 0) is 11.2 Å². The van der Waals surface area contributed by atoms with Crippen molar-refractivity contribution < 1.29 is 4.79 Å². The first-order valence-corrected chi connectivity index (χ1v) is 5.71. The fourth-order valence-electron chi connectivity index (χ4n) is 1.57. The predicted molar refractivity (Wildman–Crippen MR) is 64.2 cm³/mol. The molecule has 0 amide bonds. The first kappa shape index (κ1) is 12.0. The lowest BCUT2D eigenvalue weighted by atomic mass is 9.96. The maximum atomic E-state index is 10.8. The fraction of sp³-hybridized carbons (Fsp3) is 0.500. The van der Waals surface area contributed by atoms with Crippen molar-refractivity contribution in [3.63, 3.8) is 0 Å². The molecule has 1 nitrogen and oxygen atoms in total. The number of carbonyl (C=O) groups excluding carboxylic acids is 1. The number of Topliss-reactive ketones (excluding diaryl/α,β-unsaturated/α-hetero) is 1. The van der Waals surface area contributed by atoms with Crippen molar-refractivity contribution in [2.45, 2.75) is 46.0 Å². The van der Waals surface area contributed by atoms with Gasteiger partial charge in [0.2, 0.25) is 0 Å². The van der Waals surface area contributed by atoms with Gasteiger partial charge in [0.1, 0.15) is 5.78 Å². The zero-order valence-corrected chi connectivity index (χ0v) is 9.92. The molecule has 1 unspecified atom stereocenters. The van der Waals surface area contributed by atoms with Gasteiger partial charge in [0, 0.05) is 6.42 Å². The Balaban J connectivity index is 2.60. The highest BCUT2D eigenvalue weighted by atomic mass is 16.1. The summed E-state index contributed by atoms with van der Waals surface area (Å²) >= 11 is 0. The molecule has 1 heteroatoms. The van der Waals surface area contributed by atoms with Gasteiger partial charge >= 0.3 is 0 Å². The molecule has 0 spiro atoms. The van der Waals surface area contributed by atoms with E-state index in [2.05, 4.69) is 38.1 Å². The summed E-state index contributed by atoms with van der Waals surface area (Å²) in [6.45, 7) is 6.09. The van der Waals surface area contributed by atoms with Gasteiger partial charge in [0.25, 0.3) is 0 Å². The Morgan fingerprint density at radius 1 is 1.27 bits per heavy atom. The van der Waals surface area contributed by atoms with Crippen LogP contribution in [0.4, 0.5) is 0 Å². The second-order valence-corrected chi connectivity index (χ2v) is 4.25. The Morgan fingerprint density at radius 2 is 1.87 bits per heavy atom. The standard InChI is InChI=1S/C14H20O/c1-4-11(2)14-9-7-13(8-10-14)6-5-12(3)15/h7-11H,4-6H2,1-3H3. The van der Waals surface area contributed by atoms with Gasteiger partial charge < -0.3 is 4.79 Å². The summed E-state index contributed by atoms with van der Waals surface area (Å²) in [5.74, 6) is 0.896. The summed E-state index contributed by atoms with van der Waals surface area (Å²) in [7, 11) is 0. The Labute approximate surface area is 92.5 Å². The molecular weight excluding hydrogens is 184 g/mol. The van der Waals surface area contributed by atoms with Gasteiger partial charge in [-0.2, -0.15) is 0 Å². The largest absolute Gasteiger partial charge is 0.300 e. The van der Waals surface area contributed by atoms with Crippen LogP contribution < -0.4 is 0 Å². The number of hydrogen-bond donors (Lipinski definition) is 0. The average Bonchev–Trinajstić information content (AvgIpc) is 2.26. The lowest BCUT2D eigenvalue weighted by Crippen LogP contribution is -1.95. The van der Waals surface area contributed by atoms with Crippen molar-refractivity contribution in [2.75, 3.05) is 0 Å². The predicted octanol–water partition coefficient (Wildman–Crippen LogP) is 3.72. The van der Waals surface area contributed by atoms with Crippen molar-refractivity contribution >= 4 is 5.78 Å². The third kappa shape index (κ3) is 3.86. The Hall–Kier alpha value is -1.11. The number of benzene rings is 1. The van der Waals surface area contributed by atoms with Crippen LogP contribution in [-0.4, -0.2) is 5.78 Å². The van der Waals surface area contributed by atoms with Crippen molar-refractivity contribution in [1.29, 1.82) is 0 Å². The summed E-state index contributed by atoms with van der Waals surface area (Å²) in [5.41, 5.74) is 2.65. The van der Waals surface area contributed by atoms with Crippen LogP contribution in [0.2, 0.25) is 0 Å². The summed E-state index contributed by atoms with van der Waals surface area (Å²) in [6, 6.07) is 8.65. The lowest BCUT2D eigenvalue weighted by Gasteiger charge is -2.09. The number of rotatable bonds is 5. The van der Waals surface area contributed by atoms with Crippen LogP contribution >= 0.6 is 0 Å². The second kappa shape index (κ2) is 5.69. The molecule has 0 bridgehead atoms. The molecule has 0 aromatic heterocycles. The third-order valence-electron chi connectivity index (χ3n) is 2.93. The van der Waals surface area contributed by atoms with E-state index in [1.807, 2.05) is 0 Å². The van der Waals surface area contributed by atoms with E-state index in [9.17, 15) is 4.79 Å². The highest BCUT2D eigenvalue weighted by Gasteiger charge is 2.02. The van der Waals surface area contributed by atoms with Gasteiger partial charge in [-0.15, -0.1) is 0 Å². The van der Waals surface area contributed by atoms with Crippen molar-refractivity contribution in [2.24, 2.45) is 0 Å². The van der Waals surface area contributed by atoms with Crippen LogP contribution in [0.5, 0.6) is 0 Å². The smallest absolute Gasteiger partial charge is 0.130 e. The Morgan fingerprint density at radius 3 is 2.33 bits per heavy atom. The molecule has 0 fully saturated rings. The lowest BCUT2D eigenvalue weighted by molar-refractivity contribution is -0.116. The van der Waals surface area contributed by atoms with Crippen molar-refractivity contribution in [3.05, 3.63) is 35.4 Å². The summed E-state index contributed by atoms with van der Waals surface area (Å²) in [4.78, 5) is 10.8. The van der Waals surface area contributed by atoms with Crippen LogP contribution in [0.25, 0.3) is 0 Å². The summed E-state index contributed by atoms with van der Waals surface area (Å²) in [6.07, 6.45) is 2.70. The number of aryl methyl sites for hydroxylation is 1. The quantitative estimate of drug-likeness (QED) is 0.714. The highest BCUT2D eigenvalue weighted by Crippen LogP contribution is 2.19. The minimum Gasteiger partial charge on any atom is -0.300 e. The van der Waals surface area contributed by atoms with E-state index in [4.69, 9.17) is 0 Å². The van der Waals surface area contributed by atoms with E-state index < -0.39 is 0 Å². The van der Waals surface area contributed by atoms with Crippen LogP contribution in [0, 0.1) is 0 Å². The maximum Gasteiger partial charge on any atom is 0.130 e. The van der Waals surface area contributed by atoms with Gasteiger partial charge in [-0.25, -0.2) is 0 Å². The van der Waals surface area contributed by atoms with Crippen LogP contribution in [0.1, 0.15) is 50.7 Å². The molecule has 0 radical (unpaired) electrons. The van der Waals surface area contributed by atoms with E-state index >= 15 is 0 Å². The van der Waals surface area contributed by atoms with E-state index in [-0.39, 0.29) is 5.78 Å². The van der Waals surface area contributed by atoms with E-state index in [1.165, 1.54) is 17.5 Å². The van der Waals surface area contributed by atoms with Crippen LogP contribution in [0.3, 0.4) is 0 Å². The number of ketones is 1. The molecule has 15 heavy (non-hydrogen) atoms. The van der Waals surface area contributed by atoms with E-state index in [0.29, 0.717) is 12.3 Å². The van der Waals surface area contributed by atoms with Crippen molar-refractivity contribution in [3.8, 4) is 0 Å². The van der Waals surface area contributed by atoms with E-state index in [0.717, 1.165) is 6.42 Å². The highest BCUT2D eigenvalue weighted by molar-refractivity contribution is 5.75. The molecule has 0 saturated heterocycles. The fourth-order valence-corrected chi connectivity index (χ4v) is 1.57. The molecule has 1 aromatic rings. The van der Waals surface area contributed by atoms with Gasteiger partial charge in [-0.1, -0.05) is 38.1 Å². The van der Waals surface area contributed by atoms with Gasteiger partial charge in [-0.3, -0.25) is 0 Å². The average molecular weight is 204 g/mol. The molecule has 1 aromatic carbocycles. The molecule has 0 heterocycles. The third-order valence-corrected chi connectivity index (χ3v) is 2.93. The number of hydrogen-bond acceptors (Lipinski definition) is 1. The molecule has 0 aliphatic heterocycles. The SMILES string of the molecule is CCC(C)c1ccc(CCC(C)=O)cc1. The van der Waals surface area contributed by atoms with Crippen LogP contribution in [0.15, 0.2) is 24.3 Å². The summed E-state index contributed by atoms with van der Waals surface area (Å²) in [5, 5.41) is 0.